The van der Waals surface area contributed by atoms with Gasteiger partial charge in [0.15, 0.2) is 0 Å². The van der Waals surface area contributed by atoms with Gasteiger partial charge in [0.05, 0.1) is 12.2 Å². The fraction of sp³-hybridized carbons (Fsp3) is 0.286. The molecule has 0 N–H and O–H groups in total. The van der Waals surface area contributed by atoms with Crippen molar-refractivity contribution in [3.8, 4) is 0 Å². The maximum atomic E-state index is 12.7. The number of aromatic nitrogens is 1. The highest BCUT2D eigenvalue weighted by molar-refractivity contribution is 9.10. The summed E-state index contributed by atoms with van der Waals surface area (Å²) in [6.07, 6.45) is -3.95. The molecule has 22 heavy (non-hydrogen) atoms. The van der Waals surface area contributed by atoms with Crippen LogP contribution in [-0.2, 0) is 16.1 Å². The van der Waals surface area contributed by atoms with Crippen molar-refractivity contribution >= 4 is 38.6 Å². The molecule has 0 amide bonds. The Kier molecular flexibility index (Phi) is 4.60. The van der Waals surface area contributed by atoms with E-state index in [2.05, 4.69) is 15.9 Å². The number of benzene rings is 1. The number of nitrogens with zero attached hydrogens (tertiary/aromatic N) is 1. The highest BCUT2D eigenvalue weighted by atomic mass is 79.9. The molecule has 1 heterocycles. The summed E-state index contributed by atoms with van der Waals surface area (Å²) in [7, 11) is 0. The van der Waals surface area contributed by atoms with Gasteiger partial charge < -0.3 is 9.30 Å². The average Bonchev–Trinajstić information content (AvgIpc) is 2.75. The molecule has 2 aromatic rings. The van der Waals surface area contributed by atoms with Crippen molar-refractivity contribution in [2.45, 2.75) is 19.6 Å². The van der Waals surface area contributed by atoms with Crippen molar-refractivity contribution in [2.24, 2.45) is 0 Å². The number of rotatable bonds is 4. The molecule has 4 nitrogen and oxygen atoms in total. The smallest absolute Gasteiger partial charge is 0.454 e. The lowest BCUT2D eigenvalue weighted by atomic mass is 10.1. The first kappa shape index (κ1) is 16.5. The van der Waals surface area contributed by atoms with Crippen molar-refractivity contribution in [3.05, 3.63) is 34.4 Å². The van der Waals surface area contributed by atoms with E-state index in [1.54, 1.807) is 13.0 Å². The van der Waals surface area contributed by atoms with Crippen LogP contribution in [0.15, 0.2) is 28.9 Å². The minimum atomic E-state index is -4.98. The van der Waals surface area contributed by atoms with E-state index >= 15 is 0 Å². The Morgan fingerprint density at radius 2 is 2.00 bits per heavy atom. The summed E-state index contributed by atoms with van der Waals surface area (Å²) < 4.78 is 44.7. The molecule has 0 saturated heterocycles. The monoisotopic (exact) mass is 377 g/mol. The fourth-order valence-electron chi connectivity index (χ4n) is 2.08. The molecule has 8 heteroatoms. The van der Waals surface area contributed by atoms with Gasteiger partial charge in [0.2, 0.25) is 0 Å². The van der Waals surface area contributed by atoms with Crippen molar-refractivity contribution < 1.29 is 27.5 Å². The Morgan fingerprint density at radius 1 is 1.32 bits per heavy atom. The fourth-order valence-corrected chi connectivity index (χ4v) is 2.44. The first-order chi connectivity index (χ1) is 10.2. The lowest BCUT2D eigenvalue weighted by Gasteiger charge is -2.04. The number of ether oxygens (including phenoxy) is 1. The molecule has 0 fully saturated rings. The van der Waals surface area contributed by atoms with Crippen LogP contribution in [0.25, 0.3) is 10.9 Å². The topological polar surface area (TPSA) is 48.3 Å². The van der Waals surface area contributed by atoms with Gasteiger partial charge in [-0.3, -0.25) is 9.59 Å². The summed E-state index contributed by atoms with van der Waals surface area (Å²) in [4.78, 5) is 23.1. The van der Waals surface area contributed by atoms with Crippen molar-refractivity contribution in [1.29, 1.82) is 0 Å². The maximum absolute atomic E-state index is 12.7. The standard InChI is InChI=1S/C14H11BrF3NO3/c1-2-22-12(20)7-19-6-10(13(21)14(16,17)18)9-5-8(15)3-4-11(9)19/h3-6H,2,7H2,1H3. The Hall–Kier alpha value is -1.83. The zero-order valence-corrected chi connectivity index (χ0v) is 13.0. The summed E-state index contributed by atoms with van der Waals surface area (Å²) >= 11 is 3.16. The first-order valence-corrected chi connectivity index (χ1v) is 7.09. The van der Waals surface area contributed by atoms with E-state index in [0.717, 1.165) is 6.20 Å². The van der Waals surface area contributed by atoms with Crippen molar-refractivity contribution in [2.75, 3.05) is 6.61 Å². The molecular formula is C14H11BrF3NO3. The second kappa shape index (κ2) is 6.12. The SMILES string of the molecule is CCOC(=O)Cn1cc(C(=O)C(F)(F)F)c2cc(Br)ccc21. The van der Waals surface area contributed by atoms with Gasteiger partial charge in [0.1, 0.15) is 6.54 Å². The van der Waals surface area contributed by atoms with E-state index in [1.165, 1.54) is 16.7 Å². The largest absolute Gasteiger partial charge is 0.465 e. The second-order valence-corrected chi connectivity index (χ2v) is 5.38. The van der Waals surface area contributed by atoms with Gasteiger partial charge >= 0.3 is 12.1 Å². The number of carbonyl (C=O) groups is 2. The Labute approximate surface area is 132 Å². The van der Waals surface area contributed by atoms with E-state index in [1.807, 2.05) is 0 Å². The molecule has 0 bridgehead atoms. The summed E-state index contributed by atoms with van der Waals surface area (Å²) in [6.45, 7) is 1.52. The quantitative estimate of drug-likeness (QED) is 0.602. The highest BCUT2D eigenvalue weighted by Crippen LogP contribution is 2.30. The Balaban J connectivity index is 2.55. The van der Waals surface area contributed by atoms with Crippen LogP contribution in [0.1, 0.15) is 17.3 Å². The van der Waals surface area contributed by atoms with Crippen LogP contribution in [0, 0.1) is 0 Å². The molecule has 1 aromatic carbocycles. The van der Waals surface area contributed by atoms with E-state index < -0.39 is 23.5 Å². The summed E-state index contributed by atoms with van der Waals surface area (Å²) in [5.41, 5.74) is -0.142. The van der Waals surface area contributed by atoms with Crippen LogP contribution >= 0.6 is 15.9 Å². The molecule has 2 rings (SSSR count). The minimum absolute atomic E-state index is 0.126. The molecule has 118 valence electrons. The van der Waals surface area contributed by atoms with Gasteiger partial charge in [-0.15, -0.1) is 0 Å². The predicted molar refractivity (Wildman–Crippen MR) is 76.7 cm³/mol. The number of Topliss-reactive ketones (excluding diaryl/α,β-unsaturated/α-hetero) is 1. The Morgan fingerprint density at radius 3 is 2.59 bits per heavy atom. The van der Waals surface area contributed by atoms with Crippen molar-refractivity contribution in [3.63, 3.8) is 0 Å². The van der Waals surface area contributed by atoms with Crippen LogP contribution in [0.4, 0.5) is 13.2 Å². The second-order valence-electron chi connectivity index (χ2n) is 4.46. The summed E-state index contributed by atoms with van der Waals surface area (Å²) in [5.74, 6) is -2.54. The van der Waals surface area contributed by atoms with Crippen molar-refractivity contribution in [1.82, 2.24) is 4.57 Å². The number of ketones is 1. The molecule has 0 spiro atoms. The van der Waals surface area contributed by atoms with Crippen LogP contribution < -0.4 is 0 Å². The minimum Gasteiger partial charge on any atom is -0.465 e. The molecule has 0 aliphatic carbocycles. The summed E-state index contributed by atoms with van der Waals surface area (Å²) in [6, 6.07) is 4.56. The molecule has 0 atom stereocenters. The van der Waals surface area contributed by atoms with E-state index in [-0.39, 0.29) is 18.5 Å². The van der Waals surface area contributed by atoms with Gasteiger partial charge in [-0.25, -0.2) is 0 Å². The third-order valence-electron chi connectivity index (χ3n) is 2.95. The molecule has 1 aromatic heterocycles. The number of halogens is 4. The normalized spacial score (nSPS) is 11.7. The van der Waals surface area contributed by atoms with Crippen LogP contribution in [0.2, 0.25) is 0 Å². The lowest BCUT2D eigenvalue weighted by Crippen LogP contribution is -2.22. The van der Waals surface area contributed by atoms with Crippen LogP contribution in [0.3, 0.4) is 0 Å². The molecule has 0 saturated carbocycles. The highest BCUT2D eigenvalue weighted by Gasteiger charge is 2.40. The van der Waals surface area contributed by atoms with Gasteiger partial charge in [-0.1, -0.05) is 15.9 Å². The van der Waals surface area contributed by atoms with Gasteiger partial charge in [0, 0.05) is 21.6 Å². The number of alkyl halides is 3. The van der Waals surface area contributed by atoms with Crippen LogP contribution in [-0.4, -0.2) is 29.1 Å². The zero-order valence-electron chi connectivity index (χ0n) is 11.4. The number of carbonyl (C=O) groups excluding carboxylic acids is 2. The average molecular weight is 378 g/mol. The zero-order chi connectivity index (χ0) is 16.5. The third-order valence-corrected chi connectivity index (χ3v) is 3.44. The first-order valence-electron chi connectivity index (χ1n) is 6.29. The molecule has 0 aliphatic heterocycles. The number of hydrogen-bond donors (Lipinski definition) is 0. The van der Waals surface area contributed by atoms with Gasteiger partial charge in [-0.2, -0.15) is 13.2 Å². The molecule has 0 radical (unpaired) electrons. The number of fused-ring (bicyclic) bond motifs is 1. The molecular weight excluding hydrogens is 367 g/mol. The van der Waals surface area contributed by atoms with Gasteiger partial charge in [-0.05, 0) is 25.1 Å². The molecule has 0 aliphatic rings. The number of hydrogen-bond acceptors (Lipinski definition) is 3. The molecule has 0 unspecified atom stereocenters. The lowest BCUT2D eigenvalue weighted by molar-refractivity contribution is -0.143. The van der Waals surface area contributed by atoms with E-state index in [4.69, 9.17) is 4.74 Å². The van der Waals surface area contributed by atoms with E-state index in [9.17, 15) is 22.8 Å². The Bertz CT molecular complexity index is 737. The number of esters is 1. The summed E-state index contributed by atoms with van der Waals surface area (Å²) in [5, 5.41) is 0.126. The third kappa shape index (κ3) is 3.32. The van der Waals surface area contributed by atoms with Crippen LogP contribution in [0.5, 0.6) is 0 Å². The maximum Gasteiger partial charge on any atom is 0.454 e. The van der Waals surface area contributed by atoms with Gasteiger partial charge in [0.25, 0.3) is 5.78 Å². The van der Waals surface area contributed by atoms with E-state index in [0.29, 0.717) is 9.99 Å². The predicted octanol–water partition coefficient (Wildman–Crippen LogP) is 3.71.